The van der Waals surface area contributed by atoms with Gasteiger partial charge in [0.15, 0.2) is 15.8 Å². The van der Waals surface area contributed by atoms with Gasteiger partial charge in [0.05, 0.1) is 18.1 Å². The SMILES string of the molecule is CCNC(=NCCC(=O)NC1CCS(=O)(=O)C1)NC1CCC(C)CC1. The van der Waals surface area contributed by atoms with Crippen molar-refractivity contribution in [3.05, 3.63) is 0 Å². The molecule has 0 bridgehead atoms. The van der Waals surface area contributed by atoms with Crippen molar-refractivity contribution in [2.45, 2.75) is 64.5 Å². The highest BCUT2D eigenvalue weighted by Gasteiger charge is 2.28. The fourth-order valence-corrected chi connectivity index (χ4v) is 5.07. The Labute approximate surface area is 151 Å². The second-order valence-electron chi connectivity index (χ2n) is 7.28. The molecule has 1 aliphatic carbocycles. The zero-order valence-electron chi connectivity index (χ0n) is 15.4. The lowest BCUT2D eigenvalue weighted by atomic mass is 9.87. The first-order valence-electron chi connectivity index (χ1n) is 9.42. The largest absolute Gasteiger partial charge is 0.357 e. The molecule has 1 amide bonds. The number of aliphatic imine (C=N–C) groups is 1. The van der Waals surface area contributed by atoms with Gasteiger partial charge in [-0.3, -0.25) is 9.79 Å². The number of nitrogens with one attached hydrogen (secondary N) is 3. The average Bonchev–Trinajstić information content (AvgIpc) is 2.88. The maximum absolute atomic E-state index is 12.0. The van der Waals surface area contributed by atoms with Crippen molar-refractivity contribution >= 4 is 21.7 Å². The van der Waals surface area contributed by atoms with Crippen LogP contribution in [0.2, 0.25) is 0 Å². The van der Waals surface area contributed by atoms with E-state index < -0.39 is 9.84 Å². The molecule has 2 aliphatic rings. The summed E-state index contributed by atoms with van der Waals surface area (Å²) >= 11 is 0. The van der Waals surface area contributed by atoms with E-state index in [9.17, 15) is 13.2 Å². The van der Waals surface area contributed by atoms with Gasteiger partial charge in [-0.15, -0.1) is 0 Å². The predicted octanol–water partition coefficient (Wildman–Crippen LogP) is 0.814. The molecule has 1 saturated heterocycles. The lowest BCUT2D eigenvalue weighted by Gasteiger charge is -2.28. The molecule has 7 nitrogen and oxygen atoms in total. The summed E-state index contributed by atoms with van der Waals surface area (Å²) in [5.74, 6) is 1.67. The Morgan fingerprint density at radius 1 is 1.08 bits per heavy atom. The molecular formula is C17H32N4O3S. The van der Waals surface area contributed by atoms with E-state index in [1.807, 2.05) is 6.92 Å². The molecule has 0 radical (unpaired) electrons. The third-order valence-corrected chi connectivity index (χ3v) is 6.68. The molecule has 0 aromatic rings. The highest BCUT2D eigenvalue weighted by Crippen LogP contribution is 2.23. The van der Waals surface area contributed by atoms with E-state index in [4.69, 9.17) is 0 Å². The third kappa shape index (κ3) is 7.22. The first-order chi connectivity index (χ1) is 11.9. The second kappa shape index (κ2) is 9.40. The van der Waals surface area contributed by atoms with Crippen LogP contribution in [-0.4, -0.2) is 57.0 Å². The molecular weight excluding hydrogens is 340 g/mol. The van der Waals surface area contributed by atoms with Gasteiger partial charge >= 0.3 is 0 Å². The molecule has 1 atom stereocenters. The minimum absolute atomic E-state index is 0.0618. The van der Waals surface area contributed by atoms with Crippen LogP contribution in [0.25, 0.3) is 0 Å². The van der Waals surface area contributed by atoms with Gasteiger partial charge in [0.1, 0.15) is 0 Å². The molecule has 25 heavy (non-hydrogen) atoms. The summed E-state index contributed by atoms with van der Waals surface area (Å²) in [4.78, 5) is 16.4. The number of carbonyl (C=O) groups is 1. The third-order valence-electron chi connectivity index (χ3n) is 4.91. The van der Waals surface area contributed by atoms with E-state index in [1.54, 1.807) is 0 Å². The zero-order chi connectivity index (χ0) is 18.3. The van der Waals surface area contributed by atoms with Gasteiger partial charge in [-0.2, -0.15) is 0 Å². The highest BCUT2D eigenvalue weighted by molar-refractivity contribution is 7.91. The number of guanidine groups is 1. The smallest absolute Gasteiger partial charge is 0.222 e. The van der Waals surface area contributed by atoms with Gasteiger partial charge in [-0.05, 0) is 44.9 Å². The summed E-state index contributed by atoms with van der Waals surface area (Å²) in [6, 6.07) is 0.212. The number of sulfone groups is 1. The van der Waals surface area contributed by atoms with Crippen LogP contribution in [0.4, 0.5) is 0 Å². The minimum atomic E-state index is -2.97. The fraction of sp³-hybridized carbons (Fsp3) is 0.882. The maximum atomic E-state index is 12.0. The predicted molar refractivity (Wildman–Crippen MR) is 100 cm³/mol. The standard InChI is InChI=1S/C17H32N4O3S/c1-3-18-17(21-14-6-4-13(2)5-7-14)19-10-8-16(22)20-15-9-11-25(23,24)12-15/h13-15H,3-12H2,1-2H3,(H,20,22)(H2,18,19,21). The average molecular weight is 373 g/mol. The quantitative estimate of drug-likeness (QED) is 0.473. The van der Waals surface area contributed by atoms with Crippen LogP contribution in [0.3, 0.4) is 0 Å². The molecule has 1 saturated carbocycles. The monoisotopic (exact) mass is 372 g/mol. The molecule has 0 aromatic carbocycles. The summed E-state index contributed by atoms with van der Waals surface area (Å²) in [6.07, 6.45) is 5.58. The summed E-state index contributed by atoms with van der Waals surface area (Å²) in [5, 5.41) is 9.49. The number of hydrogen-bond donors (Lipinski definition) is 3. The van der Waals surface area contributed by atoms with Gasteiger partial charge in [-0.25, -0.2) is 8.42 Å². The van der Waals surface area contributed by atoms with Crippen molar-refractivity contribution in [3.8, 4) is 0 Å². The normalized spacial score (nSPS) is 29.2. The van der Waals surface area contributed by atoms with Gasteiger partial charge in [0, 0.05) is 25.0 Å². The van der Waals surface area contributed by atoms with Crippen molar-refractivity contribution in [1.82, 2.24) is 16.0 Å². The molecule has 1 heterocycles. The first-order valence-corrected chi connectivity index (χ1v) is 11.2. The molecule has 0 spiro atoms. The maximum Gasteiger partial charge on any atom is 0.222 e. The van der Waals surface area contributed by atoms with Gasteiger partial charge < -0.3 is 16.0 Å². The van der Waals surface area contributed by atoms with Crippen LogP contribution in [0.15, 0.2) is 4.99 Å². The van der Waals surface area contributed by atoms with E-state index in [0.717, 1.165) is 31.3 Å². The number of hydrogen-bond acceptors (Lipinski definition) is 4. The second-order valence-corrected chi connectivity index (χ2v) is 9.51. The number of amides is 1. The molecule has 1 unspecified atom stereocenters. The Kier molecular flexibility index (Phi) is 7.53. The Morgan fingerprint density at radius 2 is 1.80 bits per heavy atom. The van der Waals surface area contributed by atoms with Crippen molar-refractivity contribution in [3.63, 3.8) is 0 Å². The first kappa shape index (κ1) is 20.0. The van der Waals surface area contributed by atoms with Gasteiger partial charge in [0.2, 0.25) is 5.91 Å². The topological polar surface area (TPSA) is 99.7 Å². The van der Waals surface area contributed by atoms with Crippen LogP contribution in [0, 0.1) is 5.92 Å². The van der Waals surface area contributed by atoms with Crippen molar-refractivity contribution in [1.29, 1.82) is 0 Å². The van der Waals surface area contributed by atoms with Crippen LogP contribution in [0.1, 0.15) is 52.4 Å². The fourth-order valence-electron chi connectivity index (χ4n) is 3.40. The summed E-state index contributed by atoms with van der Waals surface area (Å²) in [7, 11) is -2.97. The van der Waals surface area contributed by atoms with Gasteiger partial charge in [0.25, 0.3) is 0 Å². The minimum Gasteiger partial charge on any atom is -0.357 e. The Balaban J connectivity index is 1.73. The summed E-state index contributed by atoms with van der Waals surface area (Å²) < 4.78 is 22.8. The van der Waals surface area contributed by atoms with Crippen LogP contribution >= 0.6 is 0 Å². The van der Waals surface area contributed by atoms with Crippen molar-refractivity contribution in [2.75, 3.05) is 24.6 Å². The van der Waals surface area contributed by atoms with Crippen LogP contribution in [-0.2, 0) is 14.6 Å². The molecule has 3 N–H and O–H groups in total. The molecule has 1 aliphatic heterocycles. The summed E-state index contributed by atoms with van der Waals surface area (Å²) in [6.45, 7) is 5.49. The van der Waals surface area contributed by atoms with Crippen LogP contribution in [0.5, 0.6) is 0 Å². The van der Waals surface area contributed by atoms with Crippen molar-refractivity contribution < 1.29 is 13.2 Å². The van der Waals surface area contributed by atoms with E-state index in [0.29, 0.717) is 19.0 Å². The van der Waals surface area contributed by atoms with Gasteiger partial charge in [-0.1, -0.05) is 6.92 Å². The van der Waals surface area contributed by atoms with Crippen LogP contribution < -0.4 is 16.0 Å². The van der Waals surface area contributed by atoms with E-state index in [2.05, 4.69) is 27.9 Å². The molecule has 2 fully saturated rings. The zero-order valence-corrected chi connectivity index (χ0v) is 16.2. The highest BCUT2D eigenvalue weighted by atomic mass is 32.2. The lowest BCUT2D eigenvalue weighted by Crippen LogP contribution is -2.45. The van der Waals surface area contributed by atoms with Crippen molar-refractivity contribution in [2.24, 2.45) is 10.9 Å². The number of nitrogens with zero attached hydrogens (tertiary/aromatic N) is 1. The Bertz CT molecular complexity index is 568. The van der Waals surface area contributed by atoms with E-state index >= 15 is 0 Å². The number of carbonyl (C=O) groups excluding carboxylic acids is 1. The lowest BCUT2D eigenvalue weighted by molar-refractivity contribution is -0.121. The van der Waals surface area contributed by atoms with E-state index in [1.165, 1.54) is 12.8 Å². The molecule has 8 heteroatoms. The Morgan fingerprint density at radius 3 is 2.40 bits per heavy atom. The Hall–Kier alpha value is -1.31. The molecule has 0 aromatic heterocycles. The summed E-state index contributed by atoms with van der Waals surface area (Å²) in [5.41, 5.74) is 0. The molecule has 144 valence electrons. The number of rotatable bonds is 6. The van der Waals surface area contributed by atoms with E-state index in [-0.39, 0.29) is 29.9 Å². The molecule has 2 rings (SSSR count).